The second-order valence-corrected chi connectivity index (χ2v) is 7.95. The van der Waals surface area contributed by atoms with E-state index < -0.39 is 11.4 Å². The Labute approximate surface area is 113 Å². The van der Waals surface area contributed by atoms with Gasteiger partial charge >= 0.3 is 5.97 Å². The van der Waals surface area contributed by atoms with Gasteiger partial charge in [-0.2, -0.15) is 0 Å². The molecule has 1 N–H and O–H groups in total. The van der Waals surface area contributed by atoms with Crippen molar-refractivity contribution in [3.05, 3.63) is 0 Å². The molecule has 0 saturated carbocycles. The highest BCUT2D eigenvalue weighted by Crippen LogP contribution is 2.31. The lowest BCUT2D eigenvalue weighted by Gasteiger charge is -2.36. The lowest BCUT2D eigenvalue weighted by molar-refractivity contribution is -0.152. The molecule has 0 aromatic carbocycles. The summed E-state index contributed by atoms with van der Waals surface area (Å²) in [6.07, 6.45) is 1.10. The summed E-state index contributed by atoms with van der Waals surface area (Å²) in [6.45, 7) is 9.15. The molecule has 1 aliphatic rings. The lowest BCUT2D eigenvalue weighted by atomic mass is 9.80. The quantitative estimate of drug-likeness (QED) is 0.856. The van der Waals surface area contributed by atoms with E-state index in [1.807, 2.05) is 0 Å². The van der Waals surface area contributed by atoms with Crippen LogP contribution in [-0.4, -0.2) is 45.5 Å². The van der Waals surface area contributed by atoms with Crippen molar-refractivity contribution in [1.82, 2.24) is 4.90 Å². The largest absolute Gasteiger partial charge is 0.481 e. The highest BCUT2D eigenvalue weighted by molar-refractivity contribution is 8.01. The highest BCUT2D eigenvalue weighted by atomic mass is 32.2. The molecule has 0 aliphatic carbocycles. The number of aliphatic carboxylic acids is 1. The number of thioether (sulfide) groups is 1. The lowest BCUT2D eigenvalue weighted by Crippen LogP contribution is -2.45. The predicted octanol–water partition coefficient (Wildman–Crippen LogP) is 2.23. The van der Waals surface area contributed by atoms with E-state index in [0.29, 0.717) is 31.7 Å². The molecule has 1 saturated heterocycles. The number of likely N-dealkylation sites (tertiary alicyclic amines) is 1. The van der Waals surface area contributed by atoms with Crippen molar-refractivity contribution in [2.45, 2.75) is 45.3 Å². The van der Waals surface area contributed by atoms with Crippen LogP contribution >= 0.6 is 11.8 Å². The van der Waals surface area contributed by atoms with Gasteiger partial charge in [-0.3, -0.25) is 9.59 Å². The summed E-state index contributed by atoms with van der Waals surface area (Å²) >= 11 is 1.63. The summed E-state index contributed by atoms with van der Waals surface area (Å²) in [5, 5.41) is 9.12. The van der Waals surface area contributed by atoms with E-state index >= 15 is 0 Å². The van der Waals surface area contributed by atoms with Crippen LogP contribution in [0.15, 0.2) is 0 Å². The molecule has 18 heavy (non-hydrogen) atoms. The highest BCUT2D eigenvalue weighted by Gasteiger charge is 2.37. The molecule has 0 unspecified atom stereocenters. The predicted molar refractivity (Wildman–Crippen MR) is 73.8 cm³/mol. The van der Waals surface area contributed by atoms with E-state index in [0.717, 1.165) is 0 Å². The Kier molecular flexibility index (Phi) is 4.70. The maximum atomic E-state index is 12.0. The van der Waals surface area contributed by atoms with E-state index in [4.69, 9.17) is 5.11 Å². The number of nitrogens with zero attached hydrogens (tertiary/aromatic N) is 1. The van der Waals surface area contributed by atoms with E-state index in [-0.39, 0.29) is 10.7 Å². The standard InChI is InChI=1S/C13H23NO3S/c1-12(2,3)18-9-10(15)14-7-5-13(4,6-8-14)11(16)17/h5-9H2,1-4H3,(H,16,17). The minimum atomic E-state index is -0.751. The molecule has 0 aromatic rings. The van der Waals surface area contributed by atoms with Crippen molar-refractivity contribution in [3.63, 3.8) is 0 Å². The second-order valence-electron chi connectivity index (χ2n) is 6.15. The van der Waals surface area contributed by atoms with Crippen LogP contribution in [0.1, 0.15) is 40.5 Å². The van der Waals surface area contributed by atoms with Gasteiger partial charge in [0.15, 0.2) is 0 Å². The van der Waals surface area contributed by atoms with Gasteiger partial charge in [-0.25, -0.2) is 0 Å². The first-order valence-corrected chi connectivity index (χ1v) is 7.28. The molecule has 0 aromatic heterocycles. The summed E-state index contributed by atoms with van der Waals surface area (Å²) in [6, 6.07) is 0. The van der Waals surface area contributed by atoms with Crippen LogP contribution in [0.3, 0.4) is 0 Å². The summed E-state index contributed by atoms with van der Waals surface area (Å²) in [4.78, 5) is 24.9. The summed E-state index contributed by atoms with van der Waals surface area (Å²) in [7, 11) is 0. The molecule has 0 atom stereocenters. The van der Waals surface area contributed by atoms with Crippen molar-refractivity contribution in [2.75, 3.05) is 18.8 Å². The molecule has 1 fully saturated rings. The molecule has 1 aliphatic heterocycles. The third-order valence-corrected chi connectivity index (χ3v) is 4.62. The second kappa shape index (κ2) is 5.51. The van der Waals surface area contributed by atoms with Gasteiger partial charge in [-0.1, -0.05) is 20.8 Å². The number of carboxylic acids is 1. The van der Waals surface area contributed by atoms with E-state index in [2.05, 4.69) is 20.8 Å². The van der Waals surface area contributed by atoms with Crippen LogP contribution in [0.5, 0.6) is 0 Å². The zero-order valence-electron chi connectivity index (χ0n) is 11.7. The number of rotatable bonds is 3. The molecule has 0 bridgehead atoms. The summed E-state index contributed by atoms with van der Waals surface area (Å²) < 4.78 is 0.0844. The number of carbonyl (C=O) groups excluding carboxylic acids is 1. The van der Waals surface area contributed by atoms with Crippen molar-refractivity contribution in [2.24, 2.45) is 5.41 Å². The van der Waals surface area contributed by atoms with Crippen molar-refractivity contribution >= 4 is 23.6 Å². The van der Waals surface area contributed by atoms with Crippen LogP contribution in [0.25, 0.3) is 0 Å². The average molecular weight is 273 g/mol. The molecular weight excluding hydrogens is 250 g/mol. The number of hydrogen-bond acceptors (Lipinski definition) is 3. The maximum absolute atomic E-state index is 12.0. The monoisotopic (exact) mass is 273 g/mol. The fourth-order valence-electron chi connectivity index (χ4n) is 1.83. The summed E-state index contributed by atoms with van der Waals surface area (Å²) in [5.41, 5.74) is -0.659. The van der Waals surface area contributed by atoms with Crippen molar-refractivity contribution < 1.29 is 14.7 Å². The topological polar surface area (TPSA) is 57.6 Å². The molecular formula is C13H23NO3S. The van der Waals surface area contributed by atoms with Gasteiger partial charge in [0.1, 0.15) is 0 Å². The van der Waals surface area contributed by atoms with Crippen LogP contribution < -0.4 is 0 Å². The van der Waals surface area contributed by atoms with Gasteiger partial charge in [-0.05, 0) is 19.8 Å². The van der Waals surface area contributed by atoms with Gasteiger partial charge < -0.3 is 10.0 Å². The molecule has 0 spiro atoms. The molecule has 104 valence electrons. The van der Waals surface area contributed by atoms with E-state index in [1.165, 1.54) is 0 Å². The maximum Gasteiger partial charge on any atom is 0.309 e. The van der Waals surface area contributed by atoms with Crippen molar-refractivity contribution in [3.8, 4) is 0 Å². The Morgan fingerprint density at radius 2 is 1.78 bits per heavy atom. The Bertz CT molecular complexity index is 328. The number of carboxylic acid groups (broad SMARTS) is 1. The third-order valence-electron chi connectivity index (χ3n) is 3.36. The van der Waals surface area contributed by atoms with Crippen molar-refractivity contribution in [1.29, 1.82) is 0 Å². The van der Waals surface area contributed by atoms with Crippen LogP contribution in [0, 0.1) is 5.41 Å². The fraction of sp³-hybridized carbons (Fsp3) is 0.846. The number of hydrogen-bond donors (Lipinski definition) is 1. The zero-order chi connectivity index (χ0) is 14.0. The molecule has 5 heteroatoms. The van der Waals surface area contributed by atoms with Gasteiger partial charge in [0.25, 0.3) is 0 Å². The normalized spacial score (nSPS) is 19.7. The summed E-state index contributed by atoms with van der Waals surface area (Å²) in [5.74, 6) is -0.145. The first-order valence-electron chi connectivity index (χ1n) is 6.29. The van der Waals surface area contributed by atoms with Gasteiger partial charge in [0.2, 0.25) is 5.91 Å². The average Bonchev–Trinajstić information content (AvgIpc) is 2.26. The molecule has 1 heterocycles. The molecule has 4 nitrogen and oxygen atoms in total. The Balaban J connectivity index is 2.43. The SMILES string of the molecule is CC(C)(C)SCC(=O)N1CCC(C)(C(=O)O)CC1. The first kappa shape index (κ1) is 15.3. The van der Waals surface area contributed by atoms with Gasteiger partial charge in [0, 0.05) is 17.8 Å². The molecule has 0 radical (unpaired) electrons. The minimum Gasteiger partial charge on any atom is -0.481 e. The Morgan fingerprint density at radius 3 is 2.17 bits per heavy atom. The third kappa shape index (κ3) is 4.19. The van der Waals surface area contributed by atoms with Crippen LogP contribution in [0.2, 0.25) is 0 Å². The number of amides is 1. The van der Waals surface area contributed by atoms with Crippen LogP contribution in [0.4, 0.5) is 0 Å². The van der Waals surface area contributed by atoms with Gasteiger partial charge in [0.05, 0.1) is 11.2 Å². The first-order chi connectivity index (χ1) is 8.14. The molecule has 1 rings (SSSR count). The van der Waals surface area contributed by atoms with E-state index in [1.54, 1.807) is 23.6 Å². The van der Waals surface area contributed by atoms with Crippen LogP contribution in [-0.2, 0) is 9.59 Å². The molecule has 1 amide bonds. The number of piperidine rings is 1. The fourth-order valence-corrected chi connectivity index (χ4v) is 2.57. The zero-order valence-corrected chi connectivity index (χ0v) is 12.5. The van der Waals surface area contributed by atoms with Gasteiger partial charge in [-0.15, -0.1) is 11.8 Å². The Morgan fingerprint density at radius 1 is 1.28 bits per heavy atom. The van der Waals surface area contributed by atoms with E-state index in [9.17, 15) is 9.59 Å². The Hall–Kier alpha value is -0.710. The minimum absolute atomic E-state index is 0.0844. The number of carbonyl (C=O) groups is 2. The smallest absolute Gasteiger partial charge is 0.309 e.